The summed E-state index contributed by atoms with van der Waals surface area (Å²) in [4.78, 5) is 57.0. The summed E-state index contributed by atoms with van der Waals surface area (Å²) in [6, 6.07) is 16.0. The number of hydrogen-bond acceptors (Lipinski definition) is 13. The highest BCUT2D eigenvalue weighted by molar-refractivity contribution is 7.15. The third-order valence-corrected chi connectivity index (χ3v) is 14.3. The maximum Gasteiger partial charge on any atom is 0.330 e. The summed E-state index contributed by atoms with van der Waals surface area (Å²) >= 11 is 7.93. The van der Waals surface area contributed by atoms with Crippen LogP contribution in [0.4, 0.5) is 0 Å². The molecule has 2 aromatic carbocycles. The fourth-order valence-corrected chi connectivity index (χ4v) is 10.5. The molecule has 0 saturated heterocycles. The Kier molecular flexibility index (Phi) is 14.2. The summed E-state index contributed by atoms with van der Waals surface area (Å²) in [5, 5.41) is 14.1. The van der Waals surface area contributed by atoms with Crippen molar-refractivity contribution in [2.45, 2.75) is 79.4 Å². The van der Waals surface area contributed by atoms with Crippen molar-refractivity contribution in [3.63, 3.8) is 0 Å². The van der Waals surface area contributed by atoms with E-state index in [-0.39, 0.29) is 43.5 Å². The number of benzene rings is 2. The maximum absolute atomic E-state index is 14.4. The molecule has 2 atom stereocenters. The average molecular weight is 985 g/mol. The quantitative estimate of drug-likeness (QED) is 0.0764. The van der Waals surface area contributed by atoms with Gasteiger partial charge in [0.05, 0.1) is 73.4 Å². The second-order valence-electron chi connectivity index (χ2n) is 17.4. The first kappa shape index (κ1) is 48.2. The number of aromatic nitrogens is 7. The van der Waals surface area contributed by atoms with E-state index in [1.54, 1.807) is 41.7 Å². The SMILES string of the molecule is COc1cc2c(cc1-c1c(C)coc1C)ncc1c2n([C@H](C)c2ccccn2)c(=O)n1CC(=O)NCCOCCOCCCC(=O)C[C@@H]1N=C(c2ccc(Cl)cc2)c2c(sc(C)c2C)-n2c(C)nnc21. The van der Waals surface area contributed by atoms with Crippen molar-refractivity contribution < 1.29 is 28.2 Å². The Labute approximate surface area is 413 Å². The topological polar surface area (TPSA) is 183 Å². The van der Waals surface area contributed by atoms with Gasteiger partial charge in [-0.1, -0.05) is 29.8 Å². The second-order valence-corrected chi connectivity index (χ2v) is 19.0. The number of carbonyl (C=O) groups is 2. The fraction of sp³-hybridized carbons (Fsp3) is 0.346. The number of methoxy groups -OCH3 is 1. The van der Waals surface area contributed by atoms with E-state index in [9.17, 15) is 14.4 Å². The molecule has 1 aliphatic rings. The zero-order chi connectivity index (χ0) is 49.2. The molecule has 0 aliphatic carbocycles. The van der Waals surface area contributed by atoms with Gasteiger partial charge >= 0.3 is 5.69 Å². The molecule has 70 heavy (non-hydrogen) atoms. The number of Topliss-reactive ketones (excluding diaryl/α,β-unsaturated/α-hetero) is 1. The molecule has 1 aliphatic heterocycles. The molecule has 6 aromatic heterocycles. The van der Waals surface area contributed by atoms with Crippen LogP contribution in [0.25, 0.3) is 38.1 Å². The highest BCUT2D eigenvalue weighted by Gasteiger charge is 2.33. The van der Waals surface area contributed by atoms with Gasteiger partial charge in [0.15, 0.2) is 5.82 Å². The Morgan fingerprint density at radius 1 is 0.957 bits per heavy atom. The first-order valence-electron chi connectivity index (χ1n) is 23.2. The number of rotatable bonds is 19. The largest absolute Gasteiger partial charge is 0.496 e. The summed E-state index contributed by atoms with van der Waals surface area (Å²) in [5.41, 5.74) is 8.66. The van der Waals surface area contributed by atoms with Gasteiger partial charge in [0.25, 0.3) is 0 Å². The van der Waals surface area contributed by atoms with Gasteiger partial charge in [0.1, 0.15) is 40.7 Å². The van der Waals surface area contributed by atoms with E-state index < -0.39 is 12.1 Å². The van der Waals surface area contributed by atoms with Crippen LogP contribution in [0.2, 0.25) is 5.02 Å². The predicted octanol–water partition coefficient (Wildman–Crippen LogP) is 8.94. The Morgan fingerprint density at radius 2 is 1.74 bits per heavy atom. The molecule has 8 aromatic rings. The lowest BCUT2D eigenvalue weighted by Crippen LogP contribution is -2.35. The van der Waals surface area contributed by atoms with Crippen LogP contribution in [0.5, 0.6) is 5.75 Å². The number of ketones is 1. The molecule has 7 heterocycles. The number of ether oxygens (including phenoxy) is 3. The van der Waals surface area contributed by atoms with E-state index in [0.717, 1.165) is 55.7 Å². The molecule has 16 nitrogen and oxygen atoms in total. The molecule has 0 unspecified atom stereocenters. The van der Waals surface area contributed by atoms with Crippen molar-refractivity contribution in [1.29, 1.82) is 0 Å². The van der Waals surface area contributed by atoms with Crippen molar-refractivity contribution in [2.24, 2.45) is 4.99 Å². The van der Waals surface area contributed by atoms with Gasteiger partial charge in [-0.05, 0) is 95.5 Å². The number of fused-ring (bicyclic) bond motifs is 6. The Bertz CT molecular complexity index is 3310. The van der Waals surface area contributed by atoms with Gasteiger partial charge in [-0.3, -0.25) is 38.3 Å². The normalized spacial score (nSPS) is 13.8. The minimum atomic E-state index is -0.519. The molecular weight excluding hydrogens is 930 g/mol. The standard InChI is InChI=1S/C52H54ClN9O7S/c1-29-28-69-32(4)46(29)39-24-41-38(25-44(39)66-7)49-43(26-56-41)60(52(65)61(49)31(3)40-12-8-9-17-54-40)27-45(64)55-18-20-68-22-21-67-19-10-11-37(63)23-42-50-59-58-34(6)62(50)51-47(30(2)33(5)70-51)48(57-42)35-13-15-36(53)16-14-35/h8-9,12-17,24-26,28,31,42H,10-11,18-23,27H2,1-7H3,(H,55,64)/t31-,42+/m1/s1. The van der Waals surface area contributed by atoms with Crippen LogP contribution in [-0.2, 0) is 25.6 Å². The molecule has 1 N–H and O–H groups in total. The predicted molar refractivity (Wildman–Crippen MR) is 270 cm³/mol. The van der Waals surface area contributed by atoms with Gasteiger partial charge in [0, 0.05) is 69.7 Å². The number of hydrogen-bond donors (Lipinski definition) is 1. The van der Waals surface area contributed by atoms with E-state index in [1.807, 2.05) is 86.9 Å². The van der Waals surface area contributed by atoms with Crippen LogP contribution < -0.4 is 15.7 Å². The minimum absolute atomic E-state index is 0.0506. The number of aliphatic imine (C=N–C) groups is 1. The average Bonchev–Trinajstić information content (AvgIpc) is 4.05. The van der Waals surface area contributed by atoms with Crippen molar-refractivity contribution in [3.05, 3.63) is 139 Å². The molecular formula is C52H54ClN9O7S. The maximum atomic E-state index is 14.4. The van der Waals surface area contributed by atoms with Crippen molar-refractivity contribution in [2.75, 3.05) is 40.1 Å². The highest BCUT2D eigenvalue weighted by atomic mass is 35.5. The first-order valence-corrected chi connectivity index (χ1v) is 24.4. The van der Waals surface area contributed by atoms with Crippen molar-refractivity contribution in [3.8, 4) is 21.9 Å². The van der Waals surface area contributed by atoms with Crippen LogP contribution in [0.15, 0.2) is 87.5 Å². The van der Waals surface area contributed by atoms with Crippen LogP contribution in [0.1, 0.15) is 88.5 Å². The van der Waals surface area contributed by atoms with Gasteiger partial charge < -0.3 is 23.9 Å². The van der Waals surface area contributed by atoms with Crippen LogP contribution in [0.3, 0.4) is 0 Å². The third-order valence-electron chi connectivity index (χ3n) is 12.8. The van der Waals surface area contributed by atoms with Gasteiger partial charge in [-0.25, -0.2) is 4.79 Å². The number of imidazole rings is 1. The first-order chi connectivity index (χ1) is 33.8. The molecule has 0 saturated carbocycles. The Balaban J connectivity index is 0.784. The highest BCUT2D eigenvalue weighted by Crippen LogP contribution is 2.42. The van der Waals surface area contributed by atoms with Gasteiger partial charge in [0.2, 0.25) is 5.91 Å². The van der Waals surface area contributed by atoms with Gasteiger partial charge in [-0.15, -0.1) is 21.5 Å². The van der Waals surface area contributed by atoms with Crippen molar-refractivity contribution >= 4 is 62.3 Å². The molecule has 18 heteroatoms. The zero-order valence-electron chi connectivity index (χ0n) is 40.2. The minimum Gasteiger partial charge on any atom is -0.496 e. The monoisotopic (exact) mass is 983 g/mol. The molecule has 362 valence electrons. The molecule has 0 fully saturated rings. The van der Waals surface area contributed by atoms with E-state index in [1.165, 1.54) is 9.44 Å². The molecule has 0 bridgehead atoms. The summed E-state index contributed by atoms with van der Waals surface area (Å²) < 4.78 is 28.3. The number of aryl methyl sites for hydroxylation is 4. The lowest BCUT2D eigenvalue weighted by molar-refractivity contribution is -0.122. The number of nitrogens with one attached hydrogen (secondary N) is 1. The summed E-state index contributed by atoms with van der Waals surface area (Å²) in [6.45, 7) is 13.1. The lowest BCUT2D eigenvalue weighted by atomic mass is 9.99. The number of amides is 1. The Hall–Kier alpha value is -6.79. The zero-order valence-corrected chi connectivity index (χ0v) is 41.7. The third kappa shape index (κ3) is 9.45. The number of nitrogens with zero attached hydrogens (tertiary/aromatic N) is 8. The summed E-state index contributed by atoms with van der Waals surface area (Å²) in [7, 11) is 1.61. The van der Waals surface area contributed by atoms with Crippen LogP contribution >= 0.6 is 22.9 Å². The molecule has 0 radical (unpaired) electrons. The number of thiophene rings is 1. The molecule has 9 rings (SSSR count). The van der Waals surface area contributed by atoms with Crippen LogP contribution in [-0.4, -0.2) is 91.4 Å². The van der Waals surface area contributed by atoms with E-state index in [0.29, 0.717) is 76.9 Å². The number of carbonyl (C=O) groups excluding carboxylic acids is 2. The van der Waals surface area contributed by atoms with E-state index in [2.05, 4.69) is 34.3 Å². The second kappa shape index (κ2) is 20.7. The number of pyridine rings is 2. The molecule has 0 spiro atoms. The summed E-state index contributed by atoms with van der Waals surface area (Å²) in [5.74, 6) is 2.43. The fourth-order valence-electron chi connectivity index (χ4n) is 9.19. The van der Waals surface area contributed by atoms with E-state index >= 15 is 0 Å². The smallest absolute Gasteiger partial charge is 0.330 e. The lowest BCUT2D eigenvalue weighted by Gasteiger charge is -2.15. The number of furan rings is 1. The summed E-state index contributed by atoms with van der Waals surface area (Å²) in [6.07, 6.45) is 6.07. The van der Waals surface area contributed by atoms with Crippen LogP contribution in [0, 0.1) is 34.6 Å². The Morgan fingerprint density at radius 3 is 2.47 bits per heavy atom. The van der Waals surface area contributed by atoms with E-state index in [4.69, 9.17) is 40.2 Å². The molecule has 1 amide bonds. The van der Waals surface area contributed by atoms with Crippen molar-refractivity contribution in [1.82, 2.24) is 39.2 Å². The number of halogens is 1. The van der Waals surface area contributed by atoms with Gasteiger partial charge in [-0.2, -0.15) is 0 Å².